The Morgan fingerprint density at radius 3 is 3.06 bits per heavy atom. The summed E-state index contributed by atoms with van der Waals surface area (Å²) in [6, 6.07) is 0.817. The molecule has 0 aromatic rings. The molecule has 0 aromatic carbocycles. The summed E-state index contributed by atoms with van der Waals surface area (Å²) >= 11 is 0. The zero-order chi connectivity index (χ0) is 11.2. The largest absolute Gasteiger partial charge is 0.384 e. The van der Waals surface area contributed by atoms with Gasteiger partial charge in [-0.15, -0.1) is 0 Å². The summed E-state index contributed by atoms with van der Waals surface area (Å²) in [5.41, 5.74) is 0. The van der Waals surface area contributed by atoms with Crippen LogP contribution in [0.2, 0.25) is 0 Å². The van der Waals surface area contributed by atoms with Crippen LogP contribution in [0.5, 0.6) is 0 Å². The van der Waals surface area contributed by atoms with Gasteiger partial charge in [0.05, 0.1) is 6.61 Å². The second-order valence-corrected chi connectivity index (χ2v) is 5.35. The molecule has 2 atom stereocenters. The van der Waals surface area contributed by atoms with Crippen LogP contribution in [-0.2, 0) is 4.74 Å². The minimum atomic E-state index is 0.787. The lowest BCUT2D eigenvalue weighted by Gasteiger charge is -2.17. The van der Waals surface area contributed by atoms with Gasteiger partial charge in [0.15, 0.2) is 0 Å². The molecule has 2 aliphatic rings. The van der Waals surface area contributed by atoms with E-state index in [1.54, 1.807) is 0 Å². The van der Waals surface area contributed by atoms with Gasteiger partial charge in [0.1, 0.15) is 0 Å². The molecule has 3 nitrogen and oxygen atoms in total. The van der Waals surface area contributed by atoms with E-state index >= 15 is 0 Å². The minimum Gasteiger partial charge on any atom is -0.384 e. The monoisotopic (exact) mass is 226 g/mol. The molecule has 2 unspecified atom stereocenters. The number of hydrogen-bond donors (Lipinski definition) is 1. The van der Waals surface area contributed by atoms with Crippen molar-refractivity contribution in [1.82, 2.24) is 10.2 Å². The van der Waals surface area contributed by atoms with Gasteiger partial charge in [0, 0.05) is 19.7 Å². The lowest BCUT2D eigenvalue weighted by Crippen LogP contribution is -2.26. The van der Waals surface area contributed by atoms with Gasteiger partial charge in [-0.25, -0.2) is 0 Å². The Morgan fingerprint density at radius 2 is 2.31 bits per heavy atom. The molecule has 16 heavy (non-hydrogen) atoms. The van der Waals surface area contributed by atoms with Gasteiger partial charge in [-0.3, -0.25) is 0 Å². The minimum absolute atomic E-state index is 0.787. The highest BCUT2D eigenvalue weighted by atomic mass is 16.5. The molecule has 0 saturated carbocycles. The van der Waals surface area contributed by atoms with Crippen LogP contribution >= 0.6 is 0 Å². The van der Waals surface area contributed by atoms with E-state index in [1.807, 2.05) is 7.11 Å². The molecular weight excluding hydrogens is 200 g/mol. The molecule has 0 radical (unpaired) electrons. The molecule has 2 fully saturated rings. The number of ether oxygens (including phenoxy) is 1. The number of likely N-dealkylation sites (tertiary alicyclic amines) is 1. The van der Waals surface area contributed by atoms with E-state index < -0.39 is 0 Å². The summed E-state index contributed by atoms with van der Waals surface area (Å²) in [7, 11) is 1.81. The van der Waals surface area contributed by atoms with Crippen molar-refractivity contribution < 1.29 is 4.74 Å². The van der Waals surface area contributed by atoms with Crippen molar-refractivity contribution in [2.45, 2.75) is 38.1 Å². The van der Waals surface area contributed by atoms with Gasteiger partial charge < -0.3 is 15.0 Å². The van der Waals surface area contributed by atoms with Gasteiger partial charge in [-0.2, -0.15) is 0 Å². The zero-order valence-electron chi connectivity index (χ0n) is 10.6. The van der Waals surface area contributed by atoms with Crippen LogP contribution in [0, 0.1) is 5.92 Å². The third-order valence-electron chi connectivity index (χ3n) is 3.96. The molecule has 2 rings (SSSR count). The first-order valence-electron chi connectivity index (χ1n) is 6.83. The van der Waals surface area contributed by atoms with Crippen LogP contribution in [0.15, 0.2) is 0 Å². The quantitative estimate of drug-likeness (QED) is 0.742. The second kappa shape index (κ2) is 6.58. The second-order valence-electron chi connectivity index (χ2n) is 5.35. The van der Waals surface area contributed by atoms with Gasteiger partial charge in [-0.1, -0.05) is 0 Å². The van der Waals surface area contributed by atoms with Crippen molar-refractivity contribution in [2.75, 3.05) is 39.9 Å². The smallest absolute Gasteiger partial charge is 0.0503 e. The van der Waals surface area contributed by atoms with Crippen molar-refractivity contribution in [3.63, 3.8) is 0 Å². The molecule has 94 valence electrons. The predicted octanol–water partition coefficient (Wildman–Crippen LogP) is 1.49. The molecule has 0 aliphatic carbocycles. The highest BCUT2D eigenvalue weighted by Gasteiger charge is 2.22. The first-order chi connectivity index (χ1) is 7.88. The van der Waals surface area contributed by atoms with Gasteiger partial charge in [0.25, 0.3) is 0 Å². The number of nitrogens with one attached hydrogen (secondary N) is 1. The fourth-order valence-corrected chi connectivity index (χ4v) is 3.05. The van der Waals surface area contributed by atoms with E-state index in [4.69, 9.17) is 4.74 Å². The third-order valence-corrected chi connectivity index (χ3v) is 3.96. The molecule has 2 aliphatic heterocycles. The molecule has 0 amide bonds. The number of rotatable bonds is 6. The Morgan fingerprint density at radius 1 is 1.38 bits per heavy atom. The molecule has 2 saturated heterocycles. The highest BCUT2D eigenvalue weighted by molar-refractivity contribution is 4.77. The maximum atomic E-state index is 5.22. The highest BCUT2D eigenvalue weighted by Crippen LogP contribution is 2.18. The lowest BCUT2D eigenvalue weighted by atomic mass is 10.1. The lowest BCUT2D eigenvalue weighted by molar-refractivity contribution is 0.153. The molecular formula is C13H26N2O. The first kappa shape index (κ1) is 12.3. The average molecular weight is 226 g/mol. The molecule has 1 N–H and O–H groups in total. The molecule has 0 bridgehead atoms. The van der Waals surface area contributed by atoms with Crippen LogP contribution in [-0.4, -0.2) is 50.8 Å². The normalized spacial score (nSPS) is 31.3. The van der Waals surface area contributed by atoms with E-state index in [-0.39, 0.29) is 0 Å². The van der Waals surface area contributed by atoms with Gasteiger partial charge in [-0.05, 0) is 57.7 Å². The summed E-state index contributed by atoms with van der Waals surface area (Å²) in [5.74, 6) is 0.787. The number of hydrogen-bond acceptors (Lipinski definition) is 3. The average Bonchev–Trinajstić information content (AvgIpc) is 2.90. The Hall–Kier alpha value is -0.120. The topological polar surface area (TPSA) is 24.5 Å². The summed E-state index contributed by atoms with van der Waals surface area (Å²) in [4.78, 5) is 2.61. The Bertz CT molecular complexity index is 192. The summed E-state index contributed by atoms with van der Waals surface area (Å²) in [6.07, 6.45) is 6.83. The van der Waals surface area contributed by atoms with Gasteiger partial charge >= 0.3 is 0 Å². The van der Waals surface area contributed by atoms with Crippen LogP contribution < -0.4 is 5.32 Å². The van der Waals surface area contributed by atoms with E-state index in [0.29, 0.717) is 0 Å². The maximum absolute atomic E-state index is 5.22. The Balaban J connectivity index is 1.53. The van der Waals surface area contributed by atoms with E-state index in [9.17, 15) is 0 Å². The summed E-state index contributed by atoms with van der Waals surface area (Å²) in [6.45, 7) is 6.02. The standard InChI is InChI=1S/C13H26N2O/c1-16-11-12-6-9-15(10-12)8-3-5-13-4-2-7-14-13/h12-14H,2-11H2,1H3. The van der Waals surface area contributed by atoms with Crippen molar-refractivity contribution >= 4 is 0 Å². The van der Waals surface area contributed by atoms with Crippen LogP contribution in [0.4, 0.5) is 0 Å². The maximum Gasteiger partial charge on any atom is 0.0503 e. The van der Waals surface area contributed by atoms with Crippen molar-refractivity contribution in [1.29, 1.82) is 0 Å². The Labute approximate surface area is 99.5 Å². The summed E-state index contributed by atoms with van der Waals surface area (Å²) < 4.78 is 5.22. The first-order valence-corrected chi connectivity index (χ1v) is 6.83. The van der Waals surface area contributed by atoms with Crippen LogP contribution in [0.3, 0.4) is 0 Å². The fourth-order valence-electron chi connectivity index (χ4n) is 3.05. The molecule has 3 heteroatoms. The van der Waals surface area contributed by atoms with Crippen LogP contribution in [0.25, 0.3) is 0 Å². The van der Waals surface area contributed by atoms with Gasteiger partial charge in [0.2, 0.25) is 0 Å². The zero-order valence-corrected chi connectivity index (χ0v) is 10.6. The predicted molar refractivity (Wildman–Crippen MR) is 66.7 cm³/mol. The van der Waals surface area contributed by atoms with Crippen molar-refractivity contribution in [3.05, 3.63) is 0 Å². The Kier molecular flexibility index (Phi) is 5.07. The van der Waals surface area contributed by atoms with E-state index in [2.05, 4.69) is 10.2 Å². The van der Waals surface area contributed by atoms with E-state index in [1.165, 1.54) is 58.3 Å². The molecule has 0 aromatic heterocycles. The summed E-state index contributed by atoms with van der Waals surface area (Å²) in [5, 5.41) is 3.57. The van der Waals surface area contributed by atoms with E-state index in [0.717, 1.165) is 18.6 Å². The molecule has 2 heterocycles. The SMILES string of the molecule is COCC1CCN(CCCC2CCCN2)C1. The fraction of sp³-hybridized carbons (Fsp3) is 1.00. The van der Waals surface area contributed by atoms with Crippen molar-refractivity contribution in [2.24, 2.45) is 5.92 Å². The third kappa shape index (κ3) is 3.72. The number of methoxy groups -OCH3 is 1. The molecule has 0 spiro atoms. The number of nitrogens with zero attached hydrogens (tertiary/aromatic N) is 1. The van der Waals surface area contributed by atoms with Crippen molar-refractivity contribution in [3.8, 4) is 0 Å². The van der Waals surface area contributed by atoms with Crippen LogP contribution in [0.1, 0.15) is 32.1 Å².